The molecule has 11 heteroatoms. The van der Waals surface area contributed by atoms with Crippen molar-refractivity contribution >= 4 is 23.5 Å². The molecule has 1 aliphatic rings. The molecule has 0 unspecified atom stereocenters. The number of hydrogen-bond acceptors (Lipinski definition) is 4. The second kappa shape index (κ2) is 10.7. The predicted molar refractivity (Wildman–Crippen MR) is 109 cm³/mol. The summed E-state index contributed by atoms with van der Waals surface area (Å²) in [6.07, 6.45) is -2.18. The van der Waals surface area contributed by atoms with Crippen molar-refractivity contribution in [3.63, 3.8) is 0 Å². The van der Waals surface area contributed by atoms with Crippen LogP contribution in [0.5, 0.6) is 5.88 Å². The number of likely N-dealkylation sites (tertiary alicyclic amines) is 1. The van der Waals surface area contributed by atoms with Crippen LogP contribution in [-0.2, 0) is 11.0 Å². The first-order valence-corrected chi connectivity index (χ1v) is 10.1. The van der Waals surface area contributed by atoms with Crippen molar-refractivity contribution in [3.8, 4) is 5.88 Å². The van der Waals surface area contributed by atoms with E-state index >= 15 is 0 Å². The Morgan fingerprint density at radius 1 is 1.40 bits per heavy atom. The molecule has 1 aromatic rings. The van der Waals surface area contributed by atoms with Gasteiger partial charge in [0.25, 0.3) is 0 Å². The lowest BCUT2D eigenvalue weighted by atomic mass is 10.0. The fourth-order valence-electron chi connectivity index (χ4n) is 3.00. The van der Waals surface area contributed by atoms with Crippen LogP contribution in [0.3, 0.4) is 0 Å². The molecular weight excluding hydrogens is 423 g/mol. The van der Waals surface area contributed by atoms with Gasteiger partial charge in [0.1, 0.15) is 11.6 Å². The van der Waals surface area contributed by atoms with Gasteiger partial charge in [0.2, 0.25) is 11.8 Å². The number of alkyl halides is 3. The smallest absolute Gasteiger partial charge is 0.417 e. The van der Waals surface area contributed by atoms with Gasteiger partial charge in [0.05, 0.1) is 12.1 Å². The monoisotopic (exact) mass is 449 g/mol. The largest absolute Gasteiger partial charge is 0.475 e. The average Bonchev–Trinajstić information content (AvgIpc) is 2.70. The Morgan fingerprint density at radius 3 is 2.60 bits per heavy atom. The van der Waals surface area contributed by atoms with Gasteiger partial charge in [-0.15, -0.1) is 0 Å². The van der Waals surface area contributed by atoms with Crippen LogP contribution in [0.25, 0.3) is 0 Å². The van der Waals surface area contributed by atoms with Crippen LogP contribution in [0.4, 0.5) is 13.2 Å². The van der Waals surface area contributed by atoms with Gasteiger partial charge in [0.15, 0.2) is 5.96 Å². The number of ether oxygens (including phenoxy) is 1. The Bertz CT molecular complexity index is 750. The summed E-state index contributed by atoms with van der Waals surface area (Å²) in [7, 11) is 1.64. The number of pyridine rings is 1. The number of aromatic nitrogens is 1. The van der Waals surface area contributed by atoms with Crippen molar-refractivity contribution in [1.82, 2.24) is 20.5 Å². The Morgan fingerprint density at radius 2 is 2.07 bits per heavy atom. The molecule has 0 saturated carbocycles. The van der Waals surface area contributed by atoms with Crippen LogP contribution in [0, 0.1) is 5.92 Å². The molecule has 0 spiro atoms. The maximum absolute atomic E-state index is 12.6. The van der Waals surface area contributed by atoms with Crippen molar-refractivity contribution in [2.24, 2.45) is 10.9 Å². The van der Waals surface area contributed by atoms with E-state index in [0.29, 0.717) is 31.8 Å². The van der Waals surface area contributed by atoms with Crippen molar-refractivity contribution < 1.29 is 22.7 Å². The standard InChI is InChI=1S/C19H27ClF3N5O2/c1-12(2)17(29)28-7-4-14(5-8-28)27-18(24-3)25-6-9-30-16-15(20)10-13(11-26-16)19(21,22)23/h10-12,14H,4-9H2,1-3H3,(H2,24,25,27). The van der Waals surface area contributed by atoms with Crippen LogP contribution in [0.15, 0.2) is 17.3 Å². The highest BCUT2D eigenvalue weighted by molar-refractivity contribution is 6.31. The summed E-state index contributed by atoms with van der Waals surface area (Å²) in [6.45, 7) is 5.69. The minimum atomic E-state index is -4.51. The second-order valence-electron chi connectivity index (χ2n) is 7.25. The molecule has 2 N–H and O–H groups in total. The molecular formula is C19H27ClF3N5O2. The molecule has 30 heavy (non-hydrogen) atoms. The molecule has 0 aromatic carbocycles. The van der Waals surface area contributed by atoms with E-state index in [1.54, 1.807) is 7.05 Å². The second-order valence-corrected chi connectivity index (χ2v) is 7.66. The Labute approximate surface area is 179 Å². The first-order valence-electron chi connectivity index (χ1n) is 9.73. The van der Waals surface area contributed by atoms with Gasteiger partial charge in [-0.2, -0.15) is 13.2 Å². The molecule has 7 nitrogen and oxygen atoms in total. The van der Waals surface area contributed by atoms with Crippen LogP contribution < -0.4 is 15.4 Å². The van der Waals surface area contributed by atoms with E-state index in [0.717, 1.165) is 18.9 Å². The third-order valence-electron chi connectivity index (χ3n) is 4.63. The lowest BCUT2D eigenvalue weighted by Crippen LogP contribution is -2.50. The quantitative estimate of drug-likeness (QED) is 0.396. The zero-order valence-electron chi connectivity index (χ0n) is 17.2. The fraction of sp³-hybridized carbons (Fsp3) is 0.632. The molecule has 1 amide bonds. The van der Waals surface area contributed by atoms with Gasteiger partial charge >= 0.3 is 6.18 Å². The summed E-state index contributed by atoms with van der Waals surface area (Å²) < 4.78 is 43.3. The predicted octanol–water partition coefficient (Wildman–Crippen LogP) is 2.94. The molecule has 168 valence electrons. The fourth-order valence-corrected chi connectivity index (χ4v) is 3.22. The maximum atomic E-state index is 12.6. The average molecular weight is 450 g/mol. The molecule has 0 atom stereocenters. The number of guanidine groups is 1. The summed E-state index contributed by atoms with van der Waals surface area (Å²) in [5.41, 5.74) is -0.927. The van der Waals surface area contributed by atoms with Crippen LogP contribution in [0.1, 0.15) is 32.3 Å². The molecule has 0 radical (unpaired) electrons. The van der Waals surface area contributed by atoms with E-state index in [4.69, 9.17) is 16.3 Å². The van der Waals surface area contributed by atoms with E-state index in [2.05, 4.69) is 20.6 Å². The normalized spacial score (nSPS) is 16.0. The van der Waals surface area contributed by atoms with Crippen LogP contribution in [0.2, 0.25) is 5.02 Å². The number of carbonyl (C=O) groups excluding carboxylic acids is 1. The van der Waals surface area contributed by atoms with Crippen molar-refractivity contribution in [3.05, 3.63) is 22.8 Å². The van der Waals surface area contributed by atoms with Gasteiger partial charge in [0, 0.05) is 38.3 Å². The first kappa shape index (κ1) is 24.0. The van der Waals surface area contributed by atoms with E-state index < -0.39 is 11.7 Å². The number of amides is 1. The van der Waals surface area contributed by atoms with E-state index in [9.17, 15) is 18.0 Å². The van der Waals surface area contributed by atoms with Crippen molar-refractivity contribution in [2.75, 3.05) is 33.3 Å². The first-order chi connectivity index (χ1) is 14.1. The summed E-state index contributed by atoms with van der Waals surface area (Å²) in [4.78, 5) is 21.7. The topological polar surface area (TPSA) is 78.9 Å². The van der Waals surface area contributed by atoms with E-state index in [-0.39, 0.29) is 35.4 Å². The number of halogens is 4. The van der Waals surface area contributed by atoms with Crippen LogP contribution in [-0.4, -0.2) is 61.1 Å². The van der Waals surface area contributed by atoms with E-state index in [1.807, 2.05) is 18.7 Å². The Kier molecular flexibility index (Phi) is 8.57. The minimum absolute atomic E-state index is 0.00315. The zero-order valence-corrected chi connectivity index (χ0v) is 18.0. The number of nitrogens with one attached hydrogen (secondary N) is 2. The Hall–Kier alpha value is -2.23. The lowest BCUT2D eigenvalue weighted by molar-refractivity contribution is -0.138. The third-order valence-corrected chi connectivity index (χ3v) is 4.90. The lowest BCUT2D eigenvalue weighted by Gasteiger charge is -2.34. The number of rotatable bonds is 6. The van der Waals surface area contributed by atoms with Crippen molar-refractivity contribution in [2.45, 2.75) is 38.9 Å². The number of piperidine rings is 1. The van der Waals surface area contributed by atoms with Gasteiger partial charge in [-0.05, 0) is 18.9 Å². The summed E-state index contributed by atoms with van der Waals surface area (Å²) in [6, 6.07) is 0.980. The number of nitrogens with zero attached hydrogens (tertiary/aromatic N) is 3. The minimum Gasteiger partial charge on any atom is -0.475 e. The summed E-state index contributed by atoms with van der Waals surface area (Å²) in [5, 5.41) is 6.18. The number of aliphatic imine (C=N–C) groups is 1. The summed E-state index contributed by atoms with van der Waals surface area (Å²) in [5.74, 6) is 0.690. The third kappa shape index (κ3) is 6.93. The molecule has 2 rings (SSSR count). The highest BCUT2D eigenvalue weighted by atomic mass is 35.5. The van der Waals surface area contributed by atoms with Crippen LogP contribution >= 0.6 is 11.6 Å². The Balaban J connectivity index is 1.74. The molecule has 1 aromatic heterocycles. The van der Waals surface area contributed by atoms with Gasteiger partial charge in [-0.25, -0.2) is 4.98 Å². The highest BCUT2D eigenvalue weighted by Crippen LogP contribution is 2.33. The molecule has 1 fully saturated rings. The van der Waals surface area contributed by atoms with Gasteiger partial charge < -0.3 is 20.3 Å². The van der Waals surface area contributed by atoms with Gasteiger partial charge in [-0.1, -0.05) is 25.4 Å². The molecule has 0 aliphatic carbocycles. The summed E-state index contributed by atoms with van der Waals surface area (Å²) >= 11 is 5.81. The molecule has 1 aliphatic heterocycles. The maximum Gasteiger partial charge on any atom is 0.417 e. The molecule has 1 saturated heterocycles. The molecule has 0 bridgehead atoms. The van der Waals surface area contributed by atoms with Gasteiger partial charge in [-0.3, -0.25) is 9.79 Å². The highest BCUT2D eigenvalue weighted by Gasteiger charge is 2.31. The zero-order chi connectivity index (χ0) is 22.3. The SMILES string of the molecule is CN=C(NCCOc1ncc(C(F)(F)F)cc1Cl)NC1CCN(C(=O)C(C)C)CC1. The van der Waals surface area contributed by atoms with E-state index in [1.165, 1.54) is 0 Å². The molecule has 2 heterocycles. The number of carbonyl (C=O) groups is 1. The van der Waals surface area contributed by atoms with Crippen molar-refractivity contribution in [1.29, 1.82) is 0 Å². The number of hydrogen-bond donors (Lipinski definition) is 2.